The third kappa shape index (κ3) is 4.21. The summed E-state index contributed by atoms with van der Waals surface area (Å²) in [5.74, 6) is 0.0552. The third-order valence-electron chi connectivity index (χ3n) is 5.01. The molecule has 0 aliphatic carbocycles. The fraction of sp³-hybridized carbons (Fsp3) is 0.217. The van der Waals surface area contributed by atoms with Crippen molar-refractivity contribution in [3.63, 3.8) is 0 Å². The van der Waals surface area contributed by atoms with Gasteiger partial charge in [-0.3, -0.25) is 4.79 Å². The maximum Gasteiger partial charge on any atom is 0.297 e. The number of hydrogen-bond acceptors (Lipinski definition) is 3. The Bertz CT molecular complexity index is 949. The molecular weight excluding hydrogens is 366 g/mol. The number of rotatable bonds is 6. The number of carbonyl (C=O) groups excluding carboxylic acids is 1. The third-order valence-corrected chi connectivity index (χ3v) is 5.97. The molecule has 2 heterocycles. The number of nitrogens with two attached hydrogens (primary N) is 1. The minimum absolute atomic E-state index is 0.0552. The minimum Gasteiger partial charge on any atom is -0.328 e. The Kier molecular flexibility index (Phi) is 5.65. The number of nitrogens with zero attached hydrogens (tertiary/aromatic N) is 2. The molecule has 4 nitrogen and oxygen atoms in total. The van der Waals surface area contributed by atoms with Gasteiger partial charge in [0.25, 0.3) is 5.91 Å². The van der Waals surface area contributed by atoms with E-state index in [1.165, 1.54) is 16.0 Å². The van der Waals surface area contributed by atoms with Crippen molar-refractivity contribution in [1.29, 1.82) is 0 Å². The van der Waals surface area contributed by atoms with Gasteiger partial charge in [-0.05, 0) is 23.9 Å². The van der Waals surface area contributed by atoms with E-state index in [1.807, 2.05) is 30.3 Å². The summed E-state index contributed by atoms with van der Waals surface area (Å²) >= 11 is 1.73. The van der Waals surface area contributed by atoms with Crippen molar-refractivity contribution in [2.75, 3.05) is 13.1 Å². The van der Waals surface area contributed by atoms with E-state index in [9.17, 15) is 4.79 Å². The van der Waals surface area contributed by atoms with Crippen LogP contribution in [0.3, 0.4) is 0 Å². The molecule has 0 unspecified atom stereocenters. The summed E-state index contributed by atoms with van der Waals surface area (Å²) in [5.41, 5.74) is 4.54. The van der Waals surface area contributed by atoms with Gasteiger partial charge in [0.15, 0.2) is 6.54 Å². The first-order chi connectivity index (χ1) is 13.7. The molecule has 0 fully saturated rings. The number of benzene rings is 2. The smallest absolute Gasteiger partial charge is 0.297 e. The Balaban J connectivity index is 1.45. The van der Waals surface area contributed by atoms with Gasteiger partial charge in [-0.25, -0.2) is 5.01 Å². The van der Waals surface area contributed by atoms with E-state index in [0.29, 0.717) is 13.1 Å². The molecule has 0 spiro atoms. The van der Waals surface area contributed by atoms with E-state index in [2.05, 4.69) is 59.1 Å². The highest BCUT2D eigenvalue weighted by Gasteiger charge is 2.25. The van der Waals surface area contributed by atoms with E-state index in [1.54, 1.807) is 16.3 Å². The molecule has 28 heavy (non-hydrogen) atoms. The maximum absolute atomic E-state index is 12.8. The Morgan fingerprint density at radius 1 is 1.11 bits per heavy atom. The number of hydrogen-bond donors (Lipinski definition) is 1. The molecule has 0 bridgehead atoms. The normalized spacial score (nSPS) is 14.8. The fourth-order valence-corrected chi connectivity index (χ4v) is 4.30. The van der Waals surface area contributed by atoms with Crippen LogP contribution in [0, 0.1) is 6.92 Å². The van der Waals surface area contributed by atoms with Crippen LogP contribution in [-0.2, 0) is 4.79 Å². The average molecular weight is 391 g/mol. The zero-order valence-electron chi connectivity index (χ0n) is 15.9. The van der Waals surface area contributed by atoms with Crippen molar-refractivity contribution in [2.24, 2.45) is 5.10 Å². The van der Waals surface area contributed by atoms with Crippen molar-refractivity contribution in [2.45, 2.75) is 19.4 Å². The second kappa shape index (κ2) is 8.50. The van der Waals surface area contributed by atoms with E-state index < -0.39 is 0 Å². The summed E-state index contributed by atoms with van der Waals surface area (Å²) in [6, 6.07) is 23.0. The zero-order chi connectivity index (χ0) is 19.3. The standard InChI is InChI=1S/C23H23N3OS/c1-17-9-11-19(12-10-17)23(21-8-5-15-28-21)24-16-22(27)26-14-13-20(25-26)18-6-3-2-4-7-18/h2-12,15,23-24H,13-14,16H2,1H3/p+1/t23-/m1/s1. The highest BCUT2D eigenvalue weighted by Crippen LogP contribution is 2.23. The van der Waals surface area contributed by atoms with Crippen LogP contribution in [0.2, 0.25) is 0 Å². The van der Waals surface area contributed by atoms with Crippen LogP contribution in [-0.4, -0.2) is 29.7 Å². The molecule has 4 rings (SSSR count). The first-order valence-electron chi connectivity index (χ1n) is 9.57. The second-order valence-corrected chi connectivity index (χ2v) is 8.00. The Morgan fingerprint density at radius 2 is 1.89 bits per heavy atom. The van der Waals surface area contributed by atoms with Crippen LogP contribution < -0.4 is 5.32 Å². The average Bonchev–Trinajstić information content (AvgIpc) is 3.42. The molecule has 1 aliphatic rings. The molecule has 1 aliphatic heterocycles. The molecule has 1 atom stereocenters. The van der Waals surface area contributed by atoms with Crippen molar-refractivity contribution in [3.05, 3.63) is 93.7 Å². The van der Waals surface area contributed by atoms with E-state index in [0.717, 1.165) is 17.7 Å². The van der Waals surface area contributed by atoms with Crippen LogP contribution >= 0.6 is 11.3 Å². The van der Waals surface area contributed by atoms with Crippen LogP contribution in [0.25, 0.3) is 0 Å². The topological polar surface area (TPSA) is 49.3 Å². The fourth-order valence-electron chi connectivity index (χ4n) is 3.45. The van der Waals surface area contributed by atoms with Gasteiger partial charge in [0.2, 0.25) is 0 Å². The van der Waals surface area contributed by atoms with E-state index in [4.69, 9.17) is 0 Å². The van der Waals surface area contributed by atoms with Crippen LogP contribution in [0.15, 0.2) is 77.2 Å². The number of amides is 1. The zero-order valence-corrected chi connectivity index (χ0v) is 16.7. The minimum atomic E-state index is 0.0552. The highest BCUT2D eigenvalue weighted by atomic mass is 32.1. The van der Waals surface area contributed by atoms with Gasteiger partial charge >= 0.3 is 0 Å². The SMILES string of the molecule is Cc1ccc([C@@H]([NH2+]CC(=O)N2CCC(c3ccccc3)=N2)c2cccs2)cc1. The second-order valence-electron chi connectivity index (χ2n) is 7.02. The number of quaternary nitrogens is 1. The van der Waals surface area contributed by atoms with Crippen molar-refractivity contribution < 1.29 is 10.1 Å². The predicted molar refractivity (Wildman–Crippen MR) is 113 cm³/mol. The van der Waals surface area contributed by atoms with Gasteiger partial charge in [-0.2, -0.15) is 5.10 Å². The Labute approximate surface area is 169 Å². The first-order valence-corrected chi connectivity index (χ1v) is 10.5. The van der Waals surface area contributed by atoms with E-state index in [-0.39, 0.29) is 11.9 Å². The largest absolute Gasteiger partial charge is 0.328 e. The Morgan fingerprint density at radius 3 is 2.61 bits per heavy atom. The van der Waals surface area contributed by atoms with Gasteiger partial charge < -0.3 is 5.32 Å². The van der Waals surface area contributed by atoms with Crippen molar-refractivity contribution in [3.8, 4) is 0 Å². The quantitative estimate of drug-likeness (QED) is 0.689. The monoisotopic (exact) mass is 390 g/mol. The lowest BCUT2D eigenvalue weighted by atomic mass is 10.0. The Hall–Kier alpha value is -2.76. The van der Waals surface area contributed by atoms with Gasteiger partial charge in [0.1, 0.15) is 6.04 Å². The molecular formula is C23H24N3OS+. The number of aryl methyl sites for hydroxylation is 1. The van der Waals surface area contributed by atoms with Gasteiger partial charge in [-0.15, -0.1) is 11.3 Å². The molecule has 3 aromatic rings. The van der Waals surface area contributed by atoms with Crippen molar-refractivity contribution >= 4 is 23.0 Å². The summed E-state index contributed by atoms with van der Waals surface area (Å²) in [5, 5.41) is 10.4. The summed E-state index contributed by atoms with van der Waals surface area (Å²) in [6.07, 6.45) is 0.808. The molecule has 0 saturated heterocycles. The number of thiophene rings is 1. The summed E-state index contributed by atoms with van der Waals surface area (Å²) in [7, 11) is 0. The molecule has 1 aromatic heterocycles. The van der Waals surface area contributed by atoms with Crippen LogP contribution in [0.5, 0.6) is 0 Å². The maximum atomic E-state index is 12.8. The molecule has 5 heteroatoms. The molecule has 2 aromatic carbocycles. The summed E-state index contributed by atoms with van der Waals surface area (Å²) in [4.78, 5) is 14.0. The van der Waals surface area contributed by atoms with Gasteiger partial charge in [0.05, 0.1) is 17.1 Å². The molecule has 142 valence electrons. The molecule has 0 radical (unpaired) electrons. The van der Waals surface area contributed by atoms with Crippen LogP contribution in [0.4, 0.5) is 0 Å². The van der Waals surface area contributed by atoms with Gasteiger partial charge in [-0.1, -0.05) is 66.2 Å². The summed E-state index contributed by atoms with van der Waals surface area (Å²) in [6.45, 7) is 3.12. The number of carbonyl (C=O) groups is 1. The molecule has 0 saturated carbocycles. The first kappa shape index (κ1) is 18.6. The van der Waals surface area contributed by atoms with Gasteiger partial charge in [0, 0.05) is 12.0 Å². The summed E-state index contributed by atoms with van der Waals surface area (Å²) < 4.78 is 0. The lowest BCUT2D eigenvalue weighted by Crippen LogP contribution is -2.87. The molecule has 2 N–H and O–H groups in total. The number of hydrazone groups is 1. The lowest BCUT2D eigenvalue weighted by Gasteiger charge is -2.17. The predicted octanol–water partition coefficient (Wildman–Crippen LogP) is 3.35. The molecule has 1 amide bonds. The highest BCUT2D eigenvalue weighted by molar-refractivity contribution is 7.10. The van der Waals surface area contributed by atoms with E-state index >= 15 is 0 Å². The van der Waals surface area contributed by atoms with Crippen LogP contribution in [0.1, 0.15) is 34.0 Å². The van der Waals surface area contributed by atoms with Crippen molar-refractivity contribution in [1.82, 2.24) is 5.01 Å². The lowest BCUT2D eigenvalue weighted by molar-refractivity contribution is -0.676.